The molecule has 5 nitrogen and oxygen atoms in total. The van der Waals surface area contributed by atoms with Crippen molar-refractivity contribution in [2.75, 3.05) is 17.3 Å². The maximum absolute atomic E-state index is 12.8. The van der Waals surface area contributed by atoms with Gasteiger partial charge in [-0.05, 0) is 36.8 Å². The van der Waals surface area contributed by atoms with E-state index in [1.165, 1.54) is 7.11 Å². The van der Waals surface area contributed by atoms with Crippen molar-refractivity contribution in [3.8, 4) is 5.75 Å². The molecule has 0 saturated carbocycles. The molecule has 0 unspecified atom stereocenters. The number of benzene rings is 2. The minimum atomic E-state index is -0.579. The largest absolute Gasteiger partial charge is 0.495 e. The van der Waals surface area contributed by atoms with Crippen molar-refractivity contribution in [2.24, 2.45) is 0 Å². The molecule has 1 N–H and O–H groups in total. The SMILES string of the molecule is COc1ccc(Cl)cc1NC1=C(Cl)C(=O)N(c2ccccc2C)C1=O. The zero-order chi connectivity index (χ0) is 18.1. The van der Waals surface area contributed by atoms with Crippen LogP contribution in [0.5, 0.6) is 5.75 Å². The first-order valence-electron chi connectivity index (χ1n) is 7.38. The Morgan fingerprint density at radius 3 is 2.44 bits per heavy atom. The van der Waals surface area contributed by atoms with Crippen LogP contribution in [0.2, 0.25) is 5.02 Å². The predicted octanol–water partition coefficient (Wildman–Crippen LogP) is 4.09. The quantitative estimate of drug-likeness (QED) is 0.816. The van der Waals surface area contributed by atoms with Gasteiger partial charge in [-0.2, -0.15) is 0 Å². The Labute approximate surface area is 154 Å². The number of nitrogens with one attached hydrogen (secondary N) is 1. The summed E-state index contributed by atoms with van der Waals surface area (Å²) in [5.41, 5.74) is 1.70. The highest BCUT2D eigenvalue weighted by molar-refractivity contribution is 6.53. The summed E-state index contributed by atoms with van der Waals surface area (Å²) in [6, 6.07) is 12.0. The maximum atomic E-state index is 12.8. The van der Waals surface area contributed by atoms with Crippen molar-refractivity contribution < 1.29 is 14.3 Å². The highest BCUT2D eigenvalue weighted by Gasteiger charge is 2.39. The normalized spacial score (nSPS) is 14.3. The lowest BCUT2D eigenvalue weighted by molar-refractivity contribution is -0.120. The number of hydrogen-bond acceptors (Lipinski definition) is 4. The number of nitrogens with zero attached hydrogens (tertiary/aromatic N) is 1. The van der Waals surface area contributed by atoms with Gasteiger partial charge in [0.2, 0.25) is 0 Å². The van der Waals surface area contributed by atoms with Gasteiger partial charge >= 0.3 is 0 Å². The Kier molecular flexibility index (Phi) is 4.70. The second-order valence-electron chi connectivity index (χ2n) is 5.39. The highest BCUT2D eigenvalue weighted by Crippen LogP contribution is 2.34. The van der Waals surface area contributed by atoms with E-state index in [1.807, 2.05) is 19.1 Å². The van der Waals surface area contributed by atoms with Gasteiger partial charge in [-0.25, -0.2) is 4.90 Å². The third-order valence-corrected chi connectivity index (χ3v) is 4.39. The van der Waals surface area contributed by atoms with Crippen LogP contribution in [0.3, 0.4) is 0 Å². The van der Waals surface area contributed by atoms with E-state index in [0.717, 1.165) is 10.5 Å². The first-order chi connectivity index (χ1) is 11.9. The van der Waals surface area contributed by atoms with Crippen molar-refractivity contribution in [1.29, 1.82) is 0 Å². The number of para-hydroxylation sites is 1. The Balaban J connectivity index is 1.98. The van der Waals surface area contributed by atoms with Crippen LogP contribution in [-0.2, 0) is 9.59 Å². The van der Waals surface area contributed by atoms with E-state index < -0.39 is 11.8 Å². The monoisotopic (exact) mass is 376 g/mol. The van der Waals surface area contributed by atoms with Gasteiger partial charge in [-0.3, -0.25) is 9.59 Å². The Bertz CT molecular complexity index is 909. The molecule has 1 heterocycles. The molecule has 0 saturated heterocycles. The van der Waals surface area contributed by atoms with E-state index in [9.17, 15) is 9.59 Å². The summed E-state index contributed by atoms with van der Waals surface area (Å²) in [6.07, 6.45) is 0. The number of methoxy groups -OCH3 is 1. The Morgan fingerprint density at radius 1 is 1.04 bits per heavy atom. The number of imide groups is 1. The van der Waals surface area contributed by atoms with Crippen LogP contribution < -0.4 is 15.0 Å². The number of hydrogen-bond donors (Lipinski definition) is 1. The lowest BCUT2D eigenvalue weighted by Crippen LogP contribution is -2.32. The molecule has 2 aromatic rings. The molecule has 0 radical (unpaired) electrons. The van der Waals surface area contributed by atoms with Crippen molar-refractivity contribution in [2.45, 2.75) is 6.92 Å². The number of aryl methyl sites for hydroxylation is 1. The van der Waals surface area contributed by atoms with Crippen LogP contribution in [0.4, 0.5) is 11.4 Å². The fraction of sp³-hybridized carbons (Fsp3) is 0.111. The molecule has 0 bridgehead atoms. The zero-order valence-electron chi connectivity index (χ0n) is 13.5. The van der Waals surface area contributed by atoms with Crippen LogP contribution in [0.25, 0.3) is 0 Å². The van der Waals surface area contributed by atoms with Crippen LogP contribution in [0.1, 0.15) is 5.56 Å². The molecular weight excluding hydrogens is 363 g/mol. The number of anilines is 2. The molecule has 0 aromatic heterocycles. The summed E-state index contributed by atoms with van der Waals surface area (Å²) in [6.45, 7) is 1.81. The summed E-state index contributed by atoms with van der Waals surface area (Å²) < 4.78 is 5.24. The average Bonchev–Trinajstić information content (AvgIpc) is 2.80. The number of ether oxygens (including phenoxy) is 1. The lowest BCUT2D eigenvalue weighted by Gasteiger charge is -2.17. The maximum Gasteiger partial charge on any atom is 0.283 e. The van der Waals surface area contributed by atoms with Crippen molar-refractivity contribution in [1.82, 2.24) is 0 Å². The summed E-state index contributed by atoms with van der Waals surface area (Å²) in [4.78, 5) is 26.4. The zero-order valence-corrected chi connectivity index (χ0v) is 15.0. The van der Waals surface area contributed by atoms with Gasteiger partial charge in [0.15, 0.2) is 0 Å². The van der Waals surface area contributed by atoms with Crippen molar-refractivity contribution in [3.05, 3.63) is 63.8 Å². The first kappa shape index (κ1) is 17.3. The highest BCUT2D eigenvalue weighted by atomic mass is 35.5. The van der Waals surface area contributed by atoms with Crippen LogP contribution in [-0.4, -0.2) is 18.9 Å². The molecule has 2 aromatic carbocycles. The minimum Gasteiger partial charge on any atom is -0.495 e. The van der Waals surface area contributed by atoms with Crippen LogP contribution in [0, 0.1) is 6.92 Å². The second-order valence-corrected chi connectivity index (χ2v) is 6.21. The fourth-order valence-electron chi connectivity index (χ4n) is 2.56. The molecule has 0 fully saturated rings. The predicted molar refractivity (Wildman–Crippen MR) is 98.2 cm³/mol. The summed E-state index contributed by atoms with van der Waals surface area (Å²) in [5, 5.41) is 3.14. The third kappa shape index (κ3) is 3.08. The van der Waals surface area contributed by atoms with Gasteiger partial charge in [0.25, 0.3) is 11.8 Å². The molecule has 3 rings (SSSR count). The number of carbonyl (C=O) groups excluding carboxylic acids is 2. The van der Waals surface area contributed by atoms with E-state index >= 15 is 0 Å². The topological polar surface area (TPSA) is 58.6 Å². The van der Waals surface area contributed by atoms with Crippen LogP contribution >= 0.6 is 23.2 Å². The molecular formula is C18H14Cl2N2O3. The minimum absolute atomic E-state index is 0.0181. The molecule has 7 heteroatoms. The number of halogens is 2. The molecule has 0 spiro atoms. The molecule has 1 aliphatic heterocycles. The van der Waals surface area contributed by atoms with E-state index in [4.69, 9.17) is 27.9 Å². The first-order valence-corrected chi connectivity index (χ1v) is 8.14. The van der Waals surface area contributed by atoms with Crippen molar-refractivity contribution >= 4 is 46.4 Å². The third-order valence-electron chi connectivity index (χ3n) is 3.80. The number of rotatable bonds is 4. The van der Waals surface area contributed by atoms with Gasteiger partial charge in [0.1, 0.15) is 16.5 Å². The van der Waals surface area contributed by atoms with Gasteiger partial charge in [-0.1, -0.05) is 41.4 Å². The van der Waals surface area contributed by atoms with Gasteiger partial charge in [-0.15, -0.1) is 0 Å². The number of amides is 2. The number of carbonyl (C=O) groups is 2. The van der Waals surface area contributed by atoms with E-state index in [2.05, 4.69) is 5.32 Å². The lowest BCUT2D eigenvalue weighted by atomic mass is 10.2. The molecule has 25 heavy (non-hydrogen) atoms. The van der Waals surface area contributed by atoms with Crippen molar-refractivity contribution in [3.63, 3.8) is 0 Å². The van der Waals surface area contributed by atoms with E-state index in [0.29, 0.717) is 22.1 Å². The molecule has 0 aliphatic carbocycles. The van der Waals surface area contributed by atoms with Gasteiger partial charge in [0.05, 0.1) is 18.5 Å². The Morgan fingerprint density at radius 2 is 1.76 bits per heavy atom. The molecule has 1 aliphatic rings. The molecule has 128 valence electrons. The van der Waals surface area contributed by atoms with E-state index in [-0.39, 0.29) is 10.7 Å². The van der Waals surface area contributed by atoms with Gasteiger partial charge in [0, 0.05) is 5.02 Å². The standard InChI is InChI=1S/C18H14Cl2N2O3/c1-10-5-3-4-6-13(10)22-17(23)15(20)16(18(22)24)21-12-9-11(19)7-8-14(12)25-2/h3-9,21H,1-2H3. The van der Waals surface area contributed by atoms with Crippen LogP contribution in [0.15, 0.2) is 53.2 Å². The van der Waals surface area contributed by atoms with Gasteiger partial charge < -0.3 is 10.1 Å². The Hall–Kier alpha value is -2.50. The van der Waals surface area contributed by atoms with E-state index in [1.54, 1.807) is 30.3 Å². The summed E-state index contributed by atoms with van der Waals surface area (Å²) in [7, 11) is 1.49. The molecule has 2 amide bonds. The average molecular weight is 377 g/mol. The summed E-state index contributed by atoms with van der Waals surface area (Å²) >= 11 is 12.1. The second kappa shape index (κ2) is 6.78. The fourth-order valence-corrected chi connectivity index (χ4v) is 2.94. The summed E-state index contributed by atoms with van der Waals surface area (Å²) in [5.74, 6) is -0.647. The smallest absolute Gasteiger partial charge is 0.283 e. The molecule has 0 atom stereocenters.